The number of rotatable bonds is 2. The van der Waals surface area contributed by atoms with E-state index in [0.29, 0.717) is 5.56 Å². The van der Waals surface area contributed by atoms with Gasteiger partial charge in [0.1, 0.15) is 0 Å². The minimum atomic E-state index is 0. The Bertz CT molecular complexity index is 1200. The molecule has 0 saturated heterocycles. The summed E-state index contributed by atoms with van der Waals surface area (Å²) in [6.07, 6.45) is 0. The van der Waals surface area contributed by atoms with E-state index in [4.69, 9.17) is 0 Å². The van der Waals surface area contributed by atoms with Gasteiger partial charge in [-0.2, -0.15) is 18.6 Å². The van der Waals surface area contributed by atoms with E-state index < -0.39 is 0 Å². The molecule has 5 rings (SSSR count). The van der Waals surface area contributed by atoms with Gasteiger partial charge in [-0.3, -0.25) is 0 Å². The summed E-state index contributed by atoms with van der Waals surface area (Å²) in [5.74, 6) is 0. The van der Waals surface area contributed by atoms with Crippen molar-refractivity contribution < 1.29 is 19.8 Å². The van der Waals surface area contributed by atoms with Crippen LogP contribution in [0.5, 0.6) is 0 Å². The molecule has 0 radical (unpaired) electrons. The Kier molecular flexibility index (Phi) is 5.89. The summed E-state index contributed by atoms with van der Waals surface area (Å²) < 4.78 is 0. The summed E-state index contributed by atoms with van der Waals surface area (Å²) in [4.78, 5) is 8.47. The third-order valence-electron chi connectivity index (χ3n) is 6.53. The molecule has 0 saturated carbocycles. The van der Waals surface area contributed by atoms with Crippen molar-refractivity contribution in [2.45, 2.75) is 27.7 Å². The second kappa shape index (κ2) is 8.40. The van der Waals surface area contributed by atoms with E-state index in [0.717, 1.165) is 34.1 Å². The fourth-order valence-electron chi connectivity index (χ4n) is 4.37. The number of fused-ring (bicyclic) bond motifs is 2. The van der Waals surface area contributed by atoms with Crippen molar-refractivity contribution in [2.75, 3.05) is 33.7 Å². The van der Waals surface area contributed by atoms with Crippen molar-refractivity contribution in [2.24, 2.45) is 0 Å². The molecule has 6 heteroatoms. The molecule has 2 aliphatic rings. The maximum absolute atomic E-state index is 9.79. The van der Waals surface area contributed by atoms with Crippen molar-refractivity contribution in [3.05, 3.63) is 83.6 Å². The van der Waals surface area contributed by atoms with E-state index in [9.17, 15) is 5.26 Å². The van der Waals surface area contributed by atoms with Gasteiger partial charge in [0, 0.05) is 42.5 Å². The van der Waals surface area contributed by atoms with Gasteiger partial charge in [0.25, 0.3) is 0 Å². The molecule has 0 aliphatic carbocycles. The van der Waals surface area contributed by atoms with E-state index >= 15 is 0 Å². The monoisotopic (exact) mass is 612 g/mol. The Morgan fingerprint density at radius 2 is 1.03 bits per heavy atom. The first-order valence-electron chi connectivity index (χ1n) is 10.7. The maximum atomic E-state index is 9.79. The van der Waals surface area contributed by atoms with Crippen LogP contribution < -0.4 is 19.6 Å². The molecule has 2 aliphatic heterocycles. The summed E-state index contributed by atoms with van der Waals surface area (Å²) >= 11 is 0. The molecule has 0 N–H and O–H groups in total. The van der Waals surface area contributed by atoms with Crippen LogP contribution in [0.25, 0.3) is 0 Å². The molecule has 0 aromatic heterocycles. The van der Waals surface area contributed by atoms with Gasteiger partial charge in [0.15, 0.2) is 0 Å². The van der Waals surface area contributed by atoms with Gasteiger partial charge in [0.05, 0.1) is 6.07 Å². The molecular formula is C27H26N5Os-3. The number of aryl methyl sites for hydroxylation is 4. The second-order valence-corrected chi connectivity index (χ2v) is 8.79. The summed E-state index contributed by atoms with van der Waals surface area (Å²) in [7, 11) is 4.10. The number of nitrogens with zero attached hydrogens (tertiary/aromatic N) is 5. The molecular weight excluding hydrogens is 585 g/mol. The van der Waals surface area contributed by atoms with Crippen molar-refractivity contribution in [1.29, 1.82) is 5.26 Å². The molecule has 33 heavy (non-hydrogen) atoms. The van der Waals surface area contributed by atoms with E-state index in [2.05, 4.69) is 97.0 Å². The van der Waals surface area contributed by atoms with Crippen LogP contribution in [0.1, 0.15) is 27.8 Å². The zero-order valence-corrected chi connectivity index (χ0v) is 22.2. The second-order valence-electron chi connectivity index (χ2n) is 8.79. The predicted octanol–water partition coefficient (Wildman–Crippen LogP) is 6.00. The van der Waals surface area contributed by atoms with Crippen LogP contribution >= 0.6 is 0 Å². The molecule has 2 heterocycles. The molecule has 0 fully saturated rings. The van der Waals surface area contributed by atoms with Crippen LogP contribution in [-0.2, 0) is 19.8 Å². The average molecular weight is 611 g/mol. The molecule has 5 nitrogen and oxygen atoms in total. The number of anilines is 6. The Balaban J connectivity index is 0.00000259. The molecule has 0 bridgehead atoms. The first-order valence-corrected chi connectivity index (χ1v) is 10.7. The average Bonchev–Trinajstić information content (AvgIpc) is 3.25. The van der Waals surface area contributed by atoms with Crippen molar-refractivity contribution >= 4 is 34.1 Å². The van der Waals surface area contributed by atoms with Gasteiger partial charge in [-0.25, -0.2) is 0 Å². The van der Waals surface area contributed by atoms with Crippen molar-refractivity contribution in [3.8, 4) is 6.07 Å². The Hall–Kier alpha value is -3.01. The summed E-state index contributed by atoms with van der Waals surface area (Å²) in [5.41, 5.74) is 11.8. The van der Waals surface area contributed by atoms with Gasteiger partial charge in [-0.05, 0) is 88.3 Å². The zero-order valence-electron chi connectivity index (χ0n) is 19.7. The Morgan fingerprint density at radius 1 is 0.667 bits per heavy atom. The molecule has 0 unspecified atom stereocenters. The van der Waals surface area contributed by atoms with Crippen LogP contribution in [0.2, 0.25) is 0 Å². The van der Waals surface area contributed by atoms with E-state index in [1.165, 1.54) is 22.3 Å². The van der Waals surface area contributed by atoms with Crippen molar-refractivity contribution in [1.82, 2.24) is 0 Å². The minimum Gasteiger partial charge on any atom is -0.504 e. The number of hydrogen-bond acceptors (Lipinski definition) is 5. The van der Waals surface area contributed by atoms with Crippen LogP contribution in [0.15, 0.2) is 36.4 Å². The minimum absolute atomic E-state index is 0. The normalized spacial score (nSPS) is 14.2. The summed E-state index contributed by atoms with van der Waals surface area (Å²) in [5, 5.41) is 9.79. The smallest absolute Gasteiger partial charge is 0.0726 e. The summed E-state index contributed by atoms with van der Waals surface area (Å²) in [6, 6.07) is 18.5. The topological polar surface area (TPSA) is 36.8 Å². The standard InChI is InChI=1S/C27H26N5.Os/c1-17-7-24-26(9-19(17)3)31(15-29(24)5)22-11-21(14-28)12-23(13-22)32-16-30(6)25-8-18(2)20(4)10-27(25)32;/h7-12,15-16H,1-6H3;/q-3;. The molecule has 0 amide bonds. The summed E-state index contributed by atoms with van der Waals surface area (Å²) in [6.45, 7) is 12.6. The van der Waals surface area contributed by atoms with Crippen molar-refractivity contribution in [3.63, 3.8) is 0 Å². The Labute approximate surface area is 209 Å². The van der Waals surface area contributed by atoms with Gasteiger partial charge in [0.2, 0.25) is 0 Å². The van der Waals surface area contributed by atoms with Gasteiger partial charge in [-0.1, -0.05) is 5.56 Å². The largest absolute Gasteiger partial charge is 0.504 e. The third-order valence-corrected chi connectivity index (χ3v) is 6.53. The number of benzene rings is 3. The fraction of sp³-hybridized carbons (Fsp3) is 0.222. The molecule has 3 aromatic rings. The number of hydrogen-bond donors (Lipinski definition) is 0. The van der Waals surface area contributed by atoms with Crippen LogP contribution in [0.4, 0.5) is 34.1 Å². The first-order chi connectivity index (χ1) is 15.3. The fourth-order valence-corrected chi connectivity index (χ4v) is 4.37. The quantitative estimate of drug-likeness (QED) is 0.333. The van der Waals surface area contributed by atoms with E-state index in [-0.39, 0.29) is 19.8 Å². The van der Waals surface area contributed by atoms with Crippen LogP contribution in [0.3, 0.4) is 0 Å². The van der Waals surface area contributed by atoms with E-state index in [1.807, 2.05) is 26.2 Å². The van der Waals surface area contributed by atoms with Crippen LogP contribution in [-0.4, -0.2) is 14.1 Å². The molecule has 0 atom stereocenters. The molecule has 170 valence electrons. The predicted molar refractivity (Wildman–Crippen MR) is 132 cm³/mol. The SMILES string of the molecule is Cc1cc2c(cc1C)N(c1[c-]c(N3[CH-]N(C)c4cc(C)c(C)cc43)cc(C#N)c1)[CH-]N2C.[Os]. The maximum Gasteiger partial charge on any atom is 0.0726 e. The van der Waals surface area contributed by atoms with Crippen LogP contribution in [0, 0.1) is 58.4 Å². The van der Waals surface area contributed by atoms with Gasteiger partial charge < -0.3 is 19.6 Å². The first kappa shape index (κ1) is 23.2. The Morgan fingerprint density at radius 3 is 1.39 bits per heavy atom. The zero-order chi connectivity index (χ0) is 22.7. The third kappa shape index (κ3) is 3.75. The molecule has 3 aromatic carbocycles. The number of nitriles is 1. The van der Waals surface area contributed by atoms with Gasteiger partial charge >= 0.3 is 0 Å². The molecule has 0 spiro atoms. The van der Waals surface area contributed by atoms with Gasteiger partial charge in [-0.15, -0.1) is 29.6 Å². The van der Waals surface area contributed by atoms with E-state index in [1.54, 1.807) is 0 Å².